The summed E-state index contributed by atoms with van der Waals surface area (Å²) >= 11 is 0. The summed E-state index contributed by atoms with van der Waals surface area (Å²) in [5.74, 6) is 0. The van der Waals surface area contributed by atoms with Crippen molar-refractivity contribution in [3.8, 4) is 0 Å². The van der Waals surface area contributed by atoms with E-state index in [0.717, 1.165) is 12.2 Å². The molecule has 2 unspecified atom stereocenters. The number of nitrogens with two attached hydrogens (primary N) is 2. The van der Waals surface area contributed by atoms with Gasteiger partial charge in [0, 0.05) is 0 Å². The second-order valence-corrected chi connectivity index (χ2v) is 9.02. The minimum atomic E-state index is -4.54. The van der Waals surface area contributed by atoms with E-state index in [2.05, 4.69) is 0 Å². The SMILES string of the molecule is CC1=C/C(=C2\C=CC(N)(S(=O)(=O)O)C(C)=C2)C=CC1(N)S(=O)(=O)O. The van der Waals surface area contributed by atoms with E-state index in [1.807, 2.05) is 0 Å². The molecule has 0 radical (unpaired) electrons. The Morgan fingerprint density at radius 2 is 1.08 bits per heavy atom. The minimum Gasteiger partial charge on any atom is -0.304 e. The molecule has 132 valence electrons. The molecule has 24 heavy (non-hydrogen) atoms. The van der Waals surface area contributed by atoms with Crippen LogP contribution in [0.3, 0.4) is 0 Å². The fourth-order valence-electron chi connectivity index (χ4n) is 2.42. The van der Waals surface area contributed by atoms with Crippen LogP contribution in [-0.2, 0) is 20.2 Å². The standard InChI is InChI=1S/C14H18N2O6S2/c1-9-7-11(3-5-13(9,15)23(17,18)19)12-4-6-14(16,10(2)8-12)24(20,21)22/h3-8H,15-16H2,1-2H3,(H,17,18,19)(H,20,21,22)/b12-11+. The Morgan fingerprint density at radius 1 is 0.792 bits per heavy atom. The molecule has 0 bridgehead atoms. The third-order valence-electron chi connectivity index (χ3n) is 4.18. The Hall–Kier alpha value is -1.56. The fraction of sp³-hybridized carbons (Fsp3) is 0.286. The summed E-state index contributed by atoms with van der Waals surface area (Å²) in [6.45, 7) is 2.90. The van der Waals surface area contributed by atoms with Crippen LogP contribution in [0.5, 0.6) is 0 Å². The van der Waals surface area contributed by atoms with E-state index in [9.17, 15) is 25.9 Å². The zero-order chi connectivity index (χ0) is 18.6. The van der Waals surface area contributed by atoms with Gasteiger partial charge in [-0.2, -0.15) is 16.8 Å². The lowest BCUT2D eigenvalue weighted by Crippen LogP contribution is -2.48. The van der Waals surface area contributed by atoms with Crippen molar-refractivity contribution in [2.24, 2.45) is 11.5 Å². The maximum Gasteiger partial charge on any atom is 0.291 e. The van der Waals surface area contributed by atoms with Gasteiger partial charge in [-0.3, -0.25) is 9.11 Å². The van der Waals surface area contributed by atoms with Gasteiger partial charge in [-0.1, -0.05) is 24.3 Å². The van der Waals surface area contributed by atoms with Crippen molar-refractivity contribution in [2.45, 2.75) is 23.6 Å². The summed E-state index contributed by atoms with van der Waals surface area (Å²) in [6.07, 6.45) is 8.03. The highest BCUT2D eigenvalue weighted by molar-refractivity contribution is 7.87. The topological polar surface area (TPSA) is 161 Å². The lowest BCUT2D eigenvalue weighted by Gasteiger charge is -2.29. The molecule has 10 heteroatoms. The predicted molar refractivity (Wildman–Crippen MR) is 89.8 cm³/mol. The highest BCUT2D eigenvalue weighted by atomic mass is 32.2. The van der Waals surface area contributed by atoms with Crippen molar-refractivity contribution >= 4 is 20.2 Å². The van der Waals surface area contributed by atoms with Gasteiger partial charge < -0.3 is 11.5 Å². The predicted octanol–water partition coefficient (Wildman–Crippen LogP) is 0.401. The Kier molecular flexibility index (Phi) is 4.28. The van der Waals surface area contributed by atoms with E-state index in [4.69, 9.17) is 11.5 Å². The van der Waals surface area contributed by atoms with Crippen LogP contribution in [-0.4, -0.2) is 35.7 Å². The summed E-state index contributed by atoms with van der Waals surface area (Å²) < 4.78 is 64.3. The van der Waals surface area contributed by atoms with E-state index in [0.29, 0.717) is 11.1 Å². The van der Waals surface area contributed by atoms with Crippen LogP contribution in [0.1, 0.15) is 13.8 Å². The molecule has 0 aromatic carbocycles. The first-order valence-corrected chi connectivity index (χ1v) is 9.62. The molecule has 8 nitrogen and oxygen atoms in total. The first kappa shape index (κ1) is 18.8. The molecule has 0 fully saturated rings. The highest BCUT2D eigenvalue weighted by Crippen LogP contribution is 2.33. The molecule has 2 aliphatic carbocycles. The molecular weight excluding hydrogens is 356 g/mol. The molecule has 0 saturated carbocycles. The second-order valence-electron chi connectivity index (χ2n) is 5.77. The zero-order valence-electron chi connectivity index (χ0n) is 13.0. The summed E-state index contributed by atoms with van der Waals surface area (Å²) in [6, 6.07) is 0. The third kappa shape index (κ3) is 2.81. The van der Waals surface area contributed by atoms with Crippen LogP contribution >= 0.6 is 0 Å². The summed E-state index contributed by atoms with van der Waals surface area (Å²) in [5, 5.41) is 0. The number of hydrogen-bond donors (Lipinski definition) is 4. The molecule has 2 atom stereocenters. The highest BCUT2D eigenvalue weighted by Gasteiger charge is 2.41. The molecule has 2 rings (SSSR count). The van der Waals surface area contributed by atoms with Gasteiger partial charge in [-0.25, -0.2) is 0 Å². The fourth-order valence-corrected chi connectivity index (χ4v) is 3.83. The molecular formula is C14H18N2O6S2. The van der Waals surface area contributed by atoms with Gasteiger partial charge in [-0.15, -0.1) is 0 Å². The quantitative estimate of drug-likeness (QED) is 0.505. The van der Waals surface area contributed by atoms with E-state index in [1.54, 1.807) is 0 Å². The van der Waals surface area contributed by atoms with Gasteiger partial charge in [0.25, 0.3) is 20.2 Å². The third-order valence-corrected chi connectivity index (χ3v) is 6.81. The minimum absolute atomic E-state index is 0.189. The average molecular weight is 374 g/mol. The molecule has 0 aromatic heterocycles. The molecule has 0 heterocycles. The summed E-state index contributed by atoms with van der Waals surface area (Å²) in [5.41, 5.74) is 12.9. The van der Waals surface area contributed by atoms with E-state index in [-0.39, 0.29) is 11.1 Å². The van der Waals surface area contributed by atoms with Crippen LogP contribution in [0, 0.1) is 0 Å². The van der Waals surface area contributed by atoms with Crippen molar-refractivity contribution in [1.29, 1.82) is 0 Å². The van der Waals surface area contributed by atoms with Gasteiger partial charge in [0.05, 0.1) is 0 Å². The maximum absolute atomic E-state index is 11.4. The Morgan fingerprint density at radius 3 is 1.29 bits per heavy atom. The van der Waals surface area contributed by atoms with E-state index >= 15 is 0 Å². The number of hydrogen-bond acceptors (Lipinski definition) is 6. The number of rotatable bonds is 2. The average Bonchev–Trinajstić information content (AvgIpc) is 2.42. The van der Waals surface area contributed by atoms with E-state index in [1.165, 1.54) is 38.2 Å². The van der Waals surface area contributed by atoms with Crippen LogP contribution in [0.4, 0.5) is 0 Å². The van der Waals surface area contributed by atoms with Crippen molar-refractivity contribution in [1.82, 2.24) is 0 Å². The smallest absolute Gasteiger partial charge is 0.291 e. The van der Waals surface area contributed by atoms with Crippen molar-refractivity contribution in [3.05, 3.63) is 58.7 Å². The normalized spacial score (nSPS) is 34.1. The maximum atomic E-state index is 11.4. The van der Waals surface area contributed by atoms with Gasteiger partial charge in [0.15, 0.2) is 9.74 Å². The summed E-state index contributed by atoms with van der Waals surface area (Å²) in [4.78, 5) is -4.03. The van der Waals surface area contributed by atoms with Crippen molar-refractivity contribution in [3.63, 3.8) is 0 Å². The van der Waals surface area contributed by atoms with Crippen molar-refractivity contribution in [2.75, 3.05) is 0 Å². The lowest BCUT2D eigenvalue weighted by molar-refractivity contribution is 0.457. The van der Waals surface area contributed by atoms with Gasteiger partial charge >= 0.3 is 0 Å². The second kappa shape index (κ2) is 5.48. The first-order valence-electron chi connectivity index (χ1n) is 6.74. The molecule has 0 spiro atoms. The largest absolute Gasteiger partial charge is 0.304 e. The molecule has 0 aliphatic heterocycles. The molecule has 6 N–H and O–H groups in total. The lowest BCUT2D eigenvalue weighted by atomic mass is 9.90. The summed E-state index contributed by atoms with van der Waals surface area (Å²) in [7, 11) is -9.09. The monoisotopic (exact) mass is 374 g/mol. The van der Waals surface area contributed by atoms with E-state index < -0.39 is 30.0 Å². The molecule has 0 aromatic rings. The molecule has 2 aliphatic rings. The van der Waals surface area contributed by atoms with Crippen LogP contribution in [0.25, 0.3) is 0 Å². The van der Waals surface area contributed by atoms with Crippen LogP contribution in [0.15, 0.2) is 58.7 Å². The van der Waals surface area contributed by atoms with Crippen LogP contribution in [0.2, 0.25) is 0 Å². The Bertz CT molecular complexity index is 875. The molecule has 0 amide bonds. The van der Waals surface area contributed by atoms with Gasteiger partial charge in [-0.05, 0) is 48.3 Å². The zero-order valence-corrected chi connectivity index (χ0v) is 14.6. The number of allylic oxidation sites excluding steroid dienone is 6. The van der Waals surface area contributed by atoms with Crippen molar-refractivity contribution < 1.29 is 25.9 Å². The Balaban J connectivity index is 2.53. The first-order chi connectivity index (χ1) is 10.7. The van der Waals surface area contributed by atoms with Gasteiger partial charge in [0.1, 0.15) is 0 Å². The molecule has 0 saturated heterocycles. The Labute approximate surface area is 140 Å². The van der Waals surface area contributed by atoms with Crippen LogP contribution < -0.4 is 11.5 Å². The van der Waals surface area contributed by atoms with Gasteiger partial charge in [0.2, 0.25) is 0 Å².